The third-order valence-electron chi connectivity index (χ3n) is 2.09. The maximum atomic E-state index is 12.6. The van der Waals surface area contributed by atoms with E-state index in [1.54, 1.807) is 20.8 Å². The Bertz CT molecular complexity index is 524. The SMILES string of the molecule is CC(C)(C)[S@](=O)NCc1cc(C#N)c(C(F)(F)F)s1. The van der Waals surface area contributed by atoms with E-state index in [4.69, 9.17) is 5.26 Å². The van der Waals surface area contributed by atoms with Crippen LogP contribution >= 0.6 is 11.3 Å². The molecule has 0 spiro atoms. The smallest absolute Gasteiger partial charge is 0.242 e. The van der Waals surface area contributed by atoms with Crippen LogP contribution in [0.15, 0.2) is 6.07 Å². The van der Waals surface area contributed by atoms with Crippen molar-refractivity contribution in [3.8, 4) is 6.07 Å². The van der Waals surface area contributed by atoms with Gasteiger partial charge in [-0.1, -0.05) is 0 Å². The Balaban J connectivity index is 2.86. The molecule has 1 aromatic rings. The third-order valence-corrected chi connectivity index (χ3v) is 4.79. The minimum absolute atomic E-state index is 0.0410. The van der Waals surface area contributed by atoms with E-state index in [-0.39, 0.29) is 6.54 Å². The second-order valence-electron chi connectivity index (χ2n) is 4.77. The van der Waals surface area contributed by atoms with E-state index in [0.29, 0.717) is 16.2 Å². The summed E-state index contributed by atoms with van der Waals surface area (Å²) < 4.78 is 51.7. The highest BCUT2D eigenvalue weighted by Crippen LogP contribution is 2.37. The lowest BCUT2D eigenvalue weighted by Gasteiger charge is -2.17. The zero-order valence-electron chi connectivity index (χ0n) is 10.6. The van der Waals surface area contributed by atoms with Crippen LogP contribution in [0, 0.1) is 11.3 Å². The molecule has 0 bridgehead atoms. The number of nitrogens with zero attached hydrogens (tertiary/aromatic N) is 1. The summed E-state index contributed by atoms with van der Waals surface area (Å²) in [4.78, 5) is -0.574. The quantitative estimate of drug-likeness (QED) is 0.932. The van der Waals surface area contributed by atoms with Gasteiger partial charge in [-0.2, -0.15) is 18.4 Å². The molecule has 0 aliphatic heterocycles. The van der Waals surface area contributed by atoms with Gasteiger partial charge in [0.25, 0.3) is 0 Å². The van der Waals surface area contributed by atoms with E-state index in [1.165, 1.54) is 12.1 Å². The van der Waals surface area contributed by atoms with Gasteiger partial charge in [-0.05, 0) is 26.8 Å². The molecule has 106 valence electrons. The minimum Gasteiger partial charge on any atom is -0.242 e. The van der Waals surface area contributed by atoms with Crippen molar-refractivity contribution in [3.63, 3.8) is 0 Å². The topological polar surface area (TPSA) is 52.9 Å². The summed E-state index contributed by atoms with van der Waals surface area (Å²) in [5.74, 6) is 0. The number of rotatable bonds is 3. The molecule has 0 aliphatic carbocycles. The van der Waals surface area contributed by atoms with Crippen LogP contribution in [0.2, 0.25) is 0 Å². The lowest BCUT2D eigenvalue weighted by Crippen LogP contribution is -2.32. The normalized spacial score (nSPS) is 14.2. The number of alkyl halides is 3. The molecule has 1 rings (SSSR count). The Morgan fingerprint density at radius 1 is 1.42 bits per heavy atom. The predicted octanol–water partition coefficient (Wildman–Crippen LogP) is 3.19. The second-order valence-corrected chi connectivity index (χ2v) is 7.95. The van der Waals surface area contributed by atoms with Gasteiger partial charge in [0.15, 0.2) is 0 Å². The Morgan fingerprint density at radius 2 is 2.00 bits per heavy atom. The number of nitriles is 1. The zero-order valence-corrected chi connectivity index (χ0v) is 12.2. The summed E-state index contributed by atoms with van der Waals surface area (Å²) in [6.07, 6.45) is -4.53. The van der Waals surface area contributed by atoms with Gasteiger partial charge in [0.2, 0.25) is 0 Å². The highest BCUT2D eigenvalue weighted by Gasteiger charge is 2.36. The maximum absolute atomic E-state index is 12.6. The molecule has 1 heterocycles. The summed E-state index contributed by atoms with van der Waals surface area (Å²) in [5.41, 5.74) is -0.393. The van der Waals surface area contributed by atoms with Gasteiger partial charge >= 0.3 is 6.18 Å². The van der Waals surface area contributed by atoms with Gasteiger partial charge < -0.3 is 0 Å². The first kappa shape index (κ1) is 16.1. The number of halogens is 3. The van der Waals surface area contributed by atoms with Crippen molar-refractivity contribution in [2.45, 2.75) is 38.2 Å². The van der Waals surface area contributed by atoms with E-state index >= 15 is 0 Å². The monoisotopic (exact) mass is 310 g/mol. The van der Waals surface area contributed by atoms with Gasteiger partial charge in [-0.25, -0.2) is 8.93 Å². The van der Waals surface area contributed by atoms with Gasteiger partial charge in [0.05, 0.1) is 21.3 Å². The van der Waals surface area contributed by atoms with Crippen molar-refractivity contribution < 1.29 is 17.4 Å². The number of hydrogen-bond donors (Lipinski definition) is 1. The summed E-state index contributed by atoms with van der Waals surface area (Å²) in [6.45, 7) is 5.31. The fourth-order valence-corrected chi connectivity index (χ4v) is 2.90. The fraction of sp³-hybridized carbons (Fsp3) is 0.545. The lowest BCUT2D eigenvalue weighted by molar-refractivity contribution is -0.134. The number of thiophene rings is 1. The van der Waals surface area contributed by atoms with Crippen LogP contribution in [0.4, 0.5) is 13.2 Å². The van der Waals surface area contributed by atoms with Crippen molar-refractivity contribution in [1.82, 2.24) is 4.72 Å². The largest absolute Gasteiger partial charge is 0.426 e. The Kier molecular flexibility index (Phi) is 4.76. The van der Waals surface area contributed by atoms with Crippen LogP contribution in [-0.4, -0.2) is 8.96 Å². The standard InChI is InChI=1S/C11H13F3N2OS2/c1-10(2,3)19(17)16-6-8-4-7(5-15)9(18-8)11(12,13)14/h4,16H,6H2,1-3H3/t19-/m0/s1. The van der Waals surface area contributed by atoms with Gasteiger partial charge in [-0.15, -0.1) is 11.3 Å². The predicted molar refractivity (Wildman–Crippen MR) is 68.8 cm³/mol. The number of nitrogens with one attached hydrogen (secondary N) is 1. The molecule has 3 nitrogen and oxygen atoms in total. The molecule has 0 amide bonds. The molecule has 0 aliphatic rings. The molecule has 0 saturated heterocycles. The first-order valence-corrected chi connectivity index (χ1v) is 7.27. The van der Waals surface area contributed by atoms with E-state index in [1.807, 2.05) is 0 Å². The van der Waals surface area contributed by atoms with E-state index in [2.05, 4.69) is 4.72 Å². The second kappa shape index (κ2) is 5.61. The van der Waals surface area contributed by atoms with E-state index < -0.39 is 32.3 Å². The van der Waals surface area contributed by atoms with Crippen LogP contribution in [0.5, 0.6) is 0 Å². The Labute approximate surface area is 116 Å². The number of hydrogen-bond acceptors (Lipinski definition) is 3. The zero-order chi connectivity index (χ0) is 14.8. The average Bonchev–Trinajstić information content (AvgIpc) is 2.67. The molecule has 8 heteroatoms. The van der Waals surface area contributed by atoms with Crippen molar-refractivity contribution >= 4 is 22.3 Å². The van der Waals surface area contributed by atoms with E-state index in [9.17, 15) is 17.4 Å². The highest BCUT2D eigenvalue weighted by atomic mass is 32.2. The molecule has 0 fully saturated rings. The van der Waals surface area contributed by atoms with Crippen molar-refractivity contribution in [3.05, 3.63) is 21.4 Å². The molecule has 1 aromatic heterocycles. The lowest BCUT2D eigenvalue weighted by atomic mass is 10.2. The van der Waals surface area contributed by atoms with Crippen LogP contribution in [0.25, 0.3) is 0 Å². The molecule has 19 heavy (non-hydrogen) atoms. The Hall–Kier alpha value is -0.910. The third kappa shape index (κ3) is 4.30. The molecular weight excluding hydrogens is 297 g/mol. The van der Waals surface area contributed by atoms with E-state index in [0.717, 1.165) is 0 Å². The maximum Gasteiger partial charge on any atom is 0.426 e. The highest BCUT2D eigenvalue weighted by molar-refractivity contribution is 7.84. The molecule has 1 atom stereocenters. The van der Waals surface area contributed by atoms with Crippen LogP contribution in [0.1, 0.15) is 36.1 Å². The van der Waals surface area contributed by atoms with Crippen molar-refractivity contribution in [2.24, 2.45) is 0 Å². The first-order chi connectivity index (χ1) is 8.55. The molecule has 0 saturated carbocycles. The molecule has 0 radical (unpaired) electrons. The summed E-state index contributed by atoms with van der Waals surface area (Å²) in [5, 5.41) is 8.68. The summed E-state index contributed by atoms with van der Waals surface area (Å²) >= 11 is 0.499. The molecule has 1 N–H and O–H groups in total. The first-order valence-electron chi connectivity index (χ1n) is 5.31. The van der Waals surface area contributed by atoms with Crippen LogP contribution < -0.4 is 4.72 Å². The average molecular weight is 310 g/mol. The van der Waals surface area contributed by atoms with Gasteiger partial charge in [-0.3, -0.25) is 0 Å². The molecular formula is C11H13F3N2OS2. The van der Waals surface area contributed by atoms with Gasteiger partial charge in [0, 0.05) is 11.4 Å². The molecule has 0 unspecified atom stereocenters. The van der Waals surface area contributed by atoms with Gasteiger partial charge in [0.1, 0.15) is 10.9 Å². The fourth-order valence-electron chi connectivity index (χ4n) is 1.18. The molecule has 0 aromatic carbocycles. The van der Waals surface area contributed by atoms with Crippen LogP contribution in [-0.2, 0) is 23.7 Å². The van der Waals surface area contributed by atoms with Crippen molar-refractivity contribution in [2.75, 3.05) is 0 Å². The minimum atomic E-state index is -4.53. The van der Waals surface area contributed by atoms with Crippen molar-refractivity contribution in [1.29, 1.82) is 5.26 Å². The summed E-state index contributed by atoms with van der Waals surface area (Å²) in [6, 6.07) is 2.71. The van der Waals surface area contributed by atoms with Crippen LogP contribution in [0.3, 0.4) is 0 Å². The summed E-state index contributed by atoms with van der Waals surface area (Å²) in [7, 11) is -1.37. The Morgan fingerprint density at radius 3 is 2.37 bits per heavy atom.